The van der Waals surface area contributed by atoms with E-state index in [0.717, 1.165) is 4.90 Å². The first-order valence-electron chi connectivity index (χ1n) is 5.85. The number of halogens is 3. The number of hydrogen-bond acceptors (Lipinski definition) is 4. The molecule has 8 heteroatoms. The van der Waals surface area contributed by atoms with Crippen molar-refractivity contribution in [3.05, 3.63) is 24.3 Å². The van der Waals surface area contributed by atoms with Crippen LogP contribution in [0.15, 0.2) is 24.3 Å². The van der Waals surface area contributed by atoms with E-state index in [4.69, 9.17) is 10.8 Å². The minimum absolute atomic E-state index is 0.232. The standard InChI is InChI=1S/C12H16F3N3O2/c13-12(14,15)8-18(4-5-19)7-11(20)17-10-3-1-2-9(16)6-10/h1-3,6,19H,4-5,7-8,16H2,(H,17,20). The Morgan fingerprint density at radius 2 is 2.10 bits per heavy atom. The molecule has 0 aromatic heterocycles. The van der Waals surface area contributed by atoms with Crippen LogP contribution < -0.4 is 11.1 Å². The lowest BCUT2D eigenvalue weighted by atomic mass is 10.3. The number of aliphatic hydroxyl groups excluding tert-OH is 1. The van der Waals surface area contributed by atoms with E-state index in [1.165, 1.54) is 6.07 Å². The van der Waals surface area contributed by atoms with Gasteiger partial charge in [-0.2, -0.15) is 13.2 Å². The van der Waals surface area contributed by atoms with Crippen LogP contribution in [-0.4, -0.2) is 48.3 Å². The van der Waals surface area contributed by atoms with E-state index in [1.54, 1.807) is 18.2 Å². The predicted octanol–water partition coefficient (Wildman–Crippen LogP) is 1.06. The Morgan fingerprint density at radius 1 is 1.40 bits per heavy atom. The van der Waals surface area contributed by atoms with Crippen LogP contribution in [0.5, 0.6) is 0 Å². The molecule has 0 fully saturated rings. The first-order chi connectivity index (χ1) is 9.30. The van der Waals surface area contributed by atoms with Gasteiger partial charge in [0.1, 0.15) is 0 Å². The molecular weight excluding hydrogens is 275 g/mol. The molecule has 0 saturated heterocycles. The molecule has 0 bridgehead atoms. The number of amides is 1. The number of hydrogen-bond donors (Lipinski definition) is 3. The normalized spacial score (nSPS) is 11.7. The number of anilines is 2. The number of nitrogens with two attached hydrogens (primary N) is 1. The molecule has 1 amide bonds. The summed E-state index contributed by atoms with van der Waals surface area (Å²) in [4.78, 5) is 12.5. The second kappa shape index (κ2) is 7.11. The minimum Gasteiger partial charge on any atom is -0.399 e. The lowest BCUT2D eigenvalue weighted by Gasteiger charge is -2.22. The minimum atomic E-state index is -4.42. The second-order valence-electron chi connectivity index (χ2n) is 4.22. The van der Waals surface area contributed by atoms with Gasteiger partial charge in [0.15, 0.2) is 0 Å². The Bertz CT molecular complexity index is 452. The average molecular weight is 291 g/mol. The Hall–Kier alpha value is -1.80. The van der Waals surface area contributed by atoms with Gasteiger partial charge in [-0.05, 0) is 18.2 Å². The van der Waals surface area contributed by atoms with E-state index in [1.807, 2.05) is 0 Å². The van der Waals surface area contributed by atoms with E-state index in [0.29, 0.717) is 11.4 Å². The fraction of sp³-hybridized carbons (Fsp3) is 0.417. The second-order valence-corrected chi connectivity index (χ2v) is 4.22. The largest absolute Gasteiger partial charge is 0.401 e. The highest BCUT2D eigenvalue weighted by Crippen LogP contribution is 2.16. The highest BCUT2D eigenvalue weighted by atomic mass is 19.4. The van der Waals surface area contributed by atoms with E-state index in [9.17, 15) is 18.0 Å². The van der Waals surface area contributed by atoms with Crippen molar-refractivity contribution in [2.75, 3.05) is 37.3 Å². The van der Waals surface area contributed by atoms with Gasteiger partial charge in [-0.3, -0.25) is 9.69 Å². The van der Waals surface area contributed by atoms with Crippen LogP contribution in [0.3, 0.4) is 0 Å². The van der Waals surface area contributed by atoms with Gasteiger partial charge in [0.25, 0.3) is 0 Å². The summed E-state index contributed by atoms with van der Waals surface area (Å²) >= 11 is 0. The van der Waals surface area contributed by atoms with E-state index < -0.39 is 31.8 Å². The molecule has 0 atom stereocenters. The molecular formula is C12H16F3N3O2. The summed E-state index contributed by atoms with van der Waals surface area (Å²) in [7, 11) is 0. The Labute approximate surface area is 114 Å². The van der Waals surface area contributed by atoms with Crippen LogP contribution in [0.2, 0.25) is 0 Å². The van der Waals surface area contributed by atoms with E-state index in [-0.39, 0.29) is 6.54 Å². The summed E-state index contributed by atoms with van der Waals surface area (Å²) in [5.41, 5.74) is 6.37. The number of alkyl halides is 3. The van der Waals surface area contributed by atoms with Crippen LogP contribution in [0, 0.1) is 0 Å². The zero-order valence-electron chi connectivity index (χ0n) is 10.7. The summed E-state index contributed by atoms with van der Waals surface area (Å²) in [5.74, 6) is -0.603. The van der Waals surface area contributed by atoms with Gasteiger partial charge in [-0.15, -0.1) is 0 Å². The number of nitrogens with zero attached hydrogens (tertiary/aromatic N) is 1. The van der Waals surface area contributed by atoms with Gasteiger partial charge in [-0.1, -0.05) is 6.07 Å². The molecule has 112 valence electrons. The van der Waals surface area contributed by atoms with Crippen molar-refractivity contribution in [2.24, 2.45) is 0 Å². The maximum Gasteiger partial charge on any atom is 0.401 e. The molecule has 1 rings (SSSR count). The van der Waals surface area contributed by atoms with Crippen LogP contribution in [0.4, 0.5) is 24.5 Å². The molecule has 5 nitrogen and oxygen atoms in total. The molecule has 1 aromatic carbocycles. The number of carbonyl (C=O) groups is 1. The Kier molecular flexibility index (Phi) is 5.78. The van der Waals surface area contributed by atoms with Gasteiger partial charge in [-0.25, -0.2) is 0 Å². The molecule has 1 aromatic rings. The lowest BCUT2D eigenvalue weighted by molar-refractivity contribution is -0.148. The third-order valence-electron chi connectivity index (χ3n) is 2.36. The molecule has 20 heavy (non-hydrogen) atoms. The summed E-state index contributed by atoms with van der Waals surface area (Å²) in [6.07, 6.45) is -4.42. The number of benzene rings is 1. The number of nitrogens with one attached hydrogen (secondary N) is 1. The Balaban J connectivity index is 2.57. The van der Waals surface area contributed by atoms with Crippen molar-refractivity contribution in [1.82, 2.24) is 4.90 Å². The zero-order chi connectivity index (χ0) is 15.2. The smallest absolute Gasteiger partial charge is 0.399 e. The summed E-state index contributed by atoms with van der Waals surface area (Å²) in [5, 5.41) is 11.2. The van der Waals surface area contributed by atoms with Crippen LogP contribution in [-0.2, 0) is 4.79 Å². The van der Waals surface area contributed by atoms with Crippen molar-refractivity contribution in [1.29, 1.82) is 0 Å². The molecule has 0 saturated carbocycles. The van der Waals surface area contributed by atoms with Crippen LogP contribution in [0.1, 0.15) is 0 Å². The monoisotopic (exact) mass is 291 g/mol. The molecule has 0 radical (unpaired) electrons. The molecule has 0 heterocycles. The van der Waals surface area contributed by atoms with Gasteiger partial charge in [0.2, 0.25) is 5.91 Å². The molecule has 0 aliphatic carbocycles. The summed E-state index contributed by atoms with van der Waals surface area (Å²) in [6, 6.07) is 6.32. The molecule has 0 spiro atoms. The molecule has 0 aliphatic heterocycles. The van der Waals surface area contributed by atoms with Gasteiger partial charge >= 0.3 is 6.18 Å². The molecule has 0 unspecified atom stereocenters. The predicted molar refractivity (Wildman–Crippen MR) is 69.1 cm³/mol. The number of carbonyl (C=O) groups excluding carboxylic acids is 1. The fourth-order valence-electron chi connectivity index (χ4n) is 1.63. The highest BCUT2D eigenvalue weighted by Gasteiger charge is 2.31. The summed E-state index contributed by atoms with van der Waals surface area (Å²) < 4.78 is 36.9. The topological polar surface area (TPSA) is 78.6 Å². The van der Waals surface area contributed by atoms with Crippen LogP contribution >= 0.6 is 0 Å². The van der Waals surface area contributed by atoms with E-state index >= 15 is 0 Å². The maximum atomic E-state index is 12.3. The van der Waals surface area contributed by atoms with Crippen molar-refractivity contribution < 1.29 is 23.1 Å². The number of rotatable bonds is 6. The quantitative estimate of drug-likeness (QED) is 0.685. The Morgan fingerprint density at radius 3 is 2.65 bits per heavy atom. The highest BCUT2D eigenvalue weighted by molar-refractivity contribution is 5.92. The van der Waals surface area contributed by atoms with Gasteiger partial charge in [0.05, 0.1) is 19.7 Å². The first kappa shape index (κ1) is 16.3. The van der Waals surface area contributed by atoms with Crippen molar-refractivity contribution in [2.45, 2.75) is 6.18 Å². The van der Waals surface area contributed by atoms with Gasteiger partial charge in [0, 0.05) is 17.9 Å². The van der Waals surface area contributed by atoms with Crippen LogP contribution in [0.25, 0.3) is 0 Å². The third-order valence-corrected chi connectivity index (χ3v) is 2.36. The first-order valence-corrected chi connectivity index (χ1v) is 5.85. The molecule has 4 N–H and O–H groups in total. The SMILES string of the molecule is Nc1cccc(NC(=O)CN(CCO)CC(F)(F)F)c1. The number of aliphatic hydroxyl groups is 1. The van der Waals surface area contributed by atoms with E-state index in [2.05, 4.69) is 5.32 Å². The van der Waals surface area contributed by atoms with Gasteiger partial charge < -0.3 is 16.2 Å². The maximum absolute atomic E-state index is 12.3. The number of nitrogen functional groups attached to an aromatic ring is 1. The lowest BCUT2D eigenvalue weighted by Crippen LogP contribution is -2.41. The van der Waals surface area contributed by atoms with Crippen molar-refractivity contribution in [3.63, 3.8) is 0 Å². The fourth-order valence-corrected chi connectivity index (χ4v) is 1.63. The molecule has 0 aliphatic rings. The average Bonchev–Trinajstić information content (AvgIpc) is 2.26. The summed E-state index contributed by atoms with van der Waals surface area (Å²) in [6.45, 7) is -2.40. The third kappa shape index (κ3) is 6.39. The van der Waals surface area contributed by atoms with Crippen molar-refractivity contribution >= 4 is 17.3 Å². The zero-order valence-corrected chi connectivity index (χ0v) is 10.7. The van der Waals surface area contributed by atoms with Crippen molar-refractivity contribution in [3.8, 4) is 0 Å².